The van der Waals surface area contributed by atoms with Crippen LogP contribution in [0.25, 0.3) is 0 Å². The predicted molar refractivity (Wildman–Crippen MR) is 151 cm³/mol. The standard InChI is InChI=1S/C30H35BrN2O7/c1-27(2,3)39-25(34)33(26(35)40-28(4,5)6)24-32-30(18-37-24)21-15-20(31)12-13-22(21)38-23(29(30)16-36-17-29)14-19-10-8-7-9-11-19/h7-13,15,23H,14,16-18H2,1-6H3. The lowest BCUT2D eigenvalue weighted by atomic mass is 9.59. The number of carbonyl (C=O) groups excluding carboxylic acids is 2. The van der Waals surface area contributed by atoms with Gasteiger partial charge in [0.1, 0.15) is 35.2 Å². The predicted octanol–water partition coefficient (Wildman–Crippen LogP) is 6.22. The van der Waals surface area contributed by atoms with Crippen molar-refractivity contribution >= 4 is 34.1 Å². The fraction of sp³-hybridized carbons (Fsp3) is 0.500. The summed E-state index contributed by atoms with van der Waals surface area (Å²) in [7, 11) is 0. The van der Waals surface area contributed by atoms with Gasteiger partial charge in [0.25, 0.3) is 0 Å². The summed E-state index contributed by atoms with van der Waals surface area (Å²) < 4.78 is 30.6. The Bertz CT molecular complexity index is 1300. The Morgan fingerprint density at radius 2 is 1.60 bits per heavy atom. The molecule has 2 aromatic rings. The first-order valence-electron chi connectivity index (χ1n) is 13.3. The number of nitrogens with zero attached hydrogens (tertiary/aromatic N) is 2. The molecule has 40 heavy (non-hydrogen) atoms. The second-order valence-corrected chi connectivity index (χ2v) is 13.3. The summed E-state index contributed by atoms with van der Waals surface area (Å²) in [5, 5.41) is 0. The molecular weight excluding hydrogens is 580 g/mol. The van der Waals surface area contributed by atoms with Gasteiger partial charge in [-0.05, 0) is 65.3 Å². The van der Waals surface area contributed by atoms with Crippen LogP contribution in [0.1, 0.15) is 52.7 Å². The molecule has 214 valence electrons. The van der Waals surface area contributed by atoms with E-state index in [1.54, 1.807) is 41.5 Å². The first kappa shape index (κ1) is 28.4. The average molecular weight is 616 g/mol. The van der Waals surface area contributed by atoms with Crippen LogP contribution >= 0.6 is 15.9 Å². The molecule has 2 spiro atoms. The minimum Gasteiger partial charge on any atom is -0.489 e. The maximum atomic E-state index is 13.4. The monoisotopic (exact) mass is 614 g/mol. The van der Waals surface area contributed by atoms with E-state index in [1.807, 2.05) is 36.4 Å². The van der Waals surface area contributed by atoms with Crippen LogP contribution in [0.4, 0.5) is 9.59 Å². The highest BCUT2D eigenvalue weighted by Crippen LogP contribution is 2.59. The molecule has 0 saturated carbocycles. The number of imide groups is 1. The molecule has 0 N–H and O–H groups in total. The van der Waals surface area contributed by atoms with Gasteiger partial charge in [-0.15, -0.1) is 4.90 Å². The number of amides is 2. The topological polar surface area (TPSA) is 95.9 Å². The number of ether oxygens (including phenoxy) is 5. The van der Waals surface area contributed by atoms with Crippen molar-refractivity contribution in [1.29, 1.82) is 0 Å². The molecule has 2 unspecified atom stereocenters. The summed E-state index contributed by atoms with van der Waals surface area (Å²) in [6.07, 6.45) is -1.55. The fourth-order valence-electron chi connectivity index (χ4n) is 5.29. The maximum absolute atomic E-state index is 13.4. The summed E-state index contributed by atoms with van der Waals surface area (Å²) in [5.41, 5.74) is -1.45. The highest BCUT2D eigenvalue weighted by Gasteiger charge is 2.68. The van der Waals surface area contributed by atoms with E-state index in [2.05, 4.69) is 28.1 Å². The summed E-state index contributed by atoms with van der Waals surface area (Å²) >= 11 is 3.59. The number of hydrogen-bond acceptors (Lipinski definition) is 8. The molecule has 10 heteroatoms. The van der Waals surface area contributed by atoms with Gasteiger partial charge in [0.2, 0.25) is 0 Å². The van der Waals surface area contributed by atoms with Gasteiger partial charge in [0.05, 0.1) is 18.6 Å². The zero-order valence-corrected chi connectivity index (χ0v) is 25.2. The highest BCUT2D eigenvalue weighted by atomic mass is 79.9. The van der Waals surface area contributed by atoms with Crippen molar-refractivity contribution in [2.24, 2.45) is 10.4 Å². The molecule has 2 aromatic carbocycles. The van der Waals surface area contributed by atoms with Gasteiger partial charge in [-0.3, -0.25) is 0 Å². The normalized spacial score (nSPS) is 22.9. The van der Waals surface area contributed by atoms with Crippen LogP contribution in [-0.4, -0.2) is 60.2 Å². The van der Waals surface area contributed by atoms with Crippen molar-refractivity contribution in [2.45, 2.75) is 70.8 Å². The fourth-order valence-corrected chi connectivity index (χ4v) is 5.65. The smallest absolute Gasteiger partial charge is 0.428 e. The lowest BCUT2D eigenvalue weighted by Gasteiger charge is -2.57. The summed E-state index contributed by atoms with van der Waals surface area (Å²) in [5.74, 6) is 0.663. The number of carbonyl (C=O) groups is 2. The van der Waals surface area contributed by atoms with Gasteiger partial charge in [0, 0.05) is 16.5 Å². The van der Waals surface area contributed by atoms with Crippen LogP contribution in [-0.2, 0) is 30.9 Å². The van der Waals surface area contributed by atoms with Gasteiger partial charge in [0.15, 0.2) is 0 Å². The van der Waals surface area contributed by atoms with Crippen molar-refractivity contribution in [3.8, 4) is 5.75 Å². The Morgan fingerprint density at radius 3 is 2.15 bits per heavy atom. The highest BCUT2D eigenvalue weighted by molar-refractivity contribution is 9.10. The molecule has 2 atom stereocenters. The quantitative estimate of drug-likeness (QED) is 0.396. The Kier molecular flexibility index (Phi) is 7.15. The van der Waals surface area contributed by atoms with Crippen molar-refractivity contribution < 1.29 is 33.3 Å². The number of aliphatic imine (C=N–C) groups is 1. The zero-order valence-electron chi connectivity index (χ0n) is 23.7. The third kappa shape index (κ3) is 5.19. The van der Waals surface area contributed by atoms with Gasteiger partial charge in [-0.2, -0.15) is 0 Å². The number of halogens is 1. The molecule has 3 aliphatic heterocycles. The van der Waals surface area contributed by atoms with E-state index in [4.69, 9.17) is 28.7 Å². The molecule has 0 radical (unpaired) electrons. The Hall–Kier alpha value is -3.11. The lowest BCUT2D eigenvalue weighted by molar-refractivity contribution is -0.215. The van der Waals surface area contributed by atoms with Gasteiger partial charge < -0.3 is 23.7 Å². The van der Waals surface area contributed by atoms with E-state index in [1.165, 1.54) is 0 Å². The molecule has 9 nitrogen and oxygen atoms in total. The van der Waals surface area contributed by atoms with E-state index in [9.17, 15) is 9.59 Å². The number of amidine groups is 1. The molecule has 1 fully saturated rings. The number of hydrogen-bond donors (Lipinski definition) is 0. The van der Waals surface area contributed by atoms with Crippen LogP contribution in [0.2, 0.25) is 0 Å². The average Bonchev–Trinajstić information content (AvgIpc) is 3.22. The first-order chi connectivity index (χ1) is 18.7. The molecule has 1 saturated heterocycles. The lowest BCUT2D eigenvalue weighted by Crippen LogP contribution is -2.68. The minimum absolute atomic E-state index is 0.0753. The molecule has 2 amide bonds. The van der Waals surface area contributed by atoms with Crippen molar-refractivity contribution in [1.82, 2.24) is 4.90 Å². The summed E-state index contributed by atoms with van der Waals surface area (Å²) in [6.45, 7) is 11.1. The maximum Gasteiger partial charge on any atom is 0.428 e. The van der Waals surface area contributed by atoms with Crippen molar-refractivity contribution in [3.05, 3.63) is 64.1 Å². The summed E-state index contributed by atoms with van der Waals surface area (Å²) in [6, 6.07) is 15.7. The third-order valence-electron chi connectivity index (χ3n) is 7.12. The molecule has 3 heterocycles. The second-order valence-electron chi connectivity index (χ2n) is 12.4. The van der Waals surface area contributed by atoms with E-state index in [0.29, 0.717) is 25.4 Å². The Morgan fingerprint density at radius 1 is 0.975 bits per heavy atom. The molecule has 0 aromatic heterocycles. The van der Waals surface area contributed by atoms with Crippen molar-refractivity contribution in [3.63, 3.8) is 0 Å². The molecule has 3 aliphatic rings. The molecule has 0 bridgehead atoms. The van der Waals surface area contributed by atoms with Gasteiger partial charge in [-0.1, -0.05) is 46.3 Å². The van der Waals surface area contributed by atoms with Gasteiger partial charge >= 0.3 is 18.2 Å². The molecule has 0 aliphatic carbocycles. The third-order valence-corrected chi connectivity index (χ3v) is 7.61. The number of fused-ring (bicyclic) bond motifs is 3. The van der Waals surface area contributed by atoms with E-state index < -0.39 is 34.3 Å². The molecular formula is C30H35BrN2O7. The zero-order chi connectivity index (χ0) is 28.9. The first-order valence-corrected chi connectivity index (χ1v) is 14.1. The number of benzene rings is 2. The van der Waals surface area contributed by atoms with E-state index in [-0.39, 0.29) is 18.7 Å². The minimum atomic E-state index is -1.00. The largest absolute Gasteiger partial charge is 0.489 e. The Labute approximate surface area is 242 Å². The van der Waals surface area contributed by atoms with Crippen LogP contribution in [0.5, 0.6) is 5.75 Å². The van der Waals surface area contributed by atoms with Gasteiger partial charge in [-0.25, -0.2) is 14.6 Å². The Balaban J connectivity index is 1.63. The molecule has 5 rings (SSSR count). The second kappa shape index (κ2) is 10.1. The SMILES string of the molecule is CC(C)(C)OC(=O)N(C(=O)OC(C)(C)C)C1=NC2(CO1)c1cc(Br)ccc1OC(Cc1ccccc1)C21COC1. The number of rotatable bonds is 2. The van der Waals surface area contributed by atoms with Crippen LogP contribution in [0, 0.1) is 5.41 Å². The van der Waals surface area contributed by atoms with Crippen LogP contribution in [0.3, 0.4) is 0 Å². The van der Waals surface area contributed by atoms with E-state index in [0.717, 1.165) is 20.5 Å². The van der Waals surface area contributed by atoms with Crippen LogP contribution < -0.4 is 4.74 Å². The van der Waals surface area contributed by atoms with Crippen molar-refractivity contribution in [2.75, 3.05) is 19.8 Å². The van der Waals surface area contributed by atoms with E-state index >= 15 is 0 Å². The van der Waals surface area contributed by atoms with Crippen LogP contribution in [0.15, 0.2) is 58.0 Å². The summed E-state index contributed by atoms with van der Waals surface area (Å²) in [4.78, 5) is 32.6.